The molecule has 0 aromatic heterocycles. The number of aliphatic hydroxyl groups excluding tert-OH is 1. The Hall–Kier alpha value is -0.970. The molecule has 19 heavy (non-hydrogen) atoms. The predicted molar refractivity (Wildman–Crippen MR) is 73.6 cm³/mol. The minimum absolute atomic E-state index is 0. The molecular weight excluding hydrogens is 244 g/mol. The van der Waals surface area contributed by atoms with E-state index in [0.717, 1.165) is 30.4 Å². The van der Waals surface area contributed by atoms with Crippen molar-refractivity contribution in [2.75, 3.05) is 6.61 Å². The fourth-order valence-electron chi connectivity index (χ4n) is 3.45. The number of hydrogen-bond acceptors (Lipinski definition) is 3. The monoisotopic (exact) mass is 268 g/mol. The van der Waals surface area contributed by atoms with Gasteiger partial charge in [-0.15, -0.1) is 0 Å². The van der Waals surface area contributed by atoms with Crippen LogP contribution in [0.4, 0.5) is 0 Å². The Labute approximate surface area is 114 Å². The van der Waals surface area contributed by atoms with Crippen LogP contribution in [0.5, 0.6) is 0 Å². The Morgan fingerprint density at radius 1 is 1.42 bits per heavy atom. The summed E-state index contributed by atoms with van der Waals surface area (Å²) in [5, 5.41) is 19.7. The molecule has 1 spiro atoms. The Balaban J connectivity index is 0.00000180. The molecule has 0 amide bonds. The summed E-state index contributed by atoms with van der Waals surface area (Å²) < 4.78 is 0. The third kappa shape index (κ3) is 2.66. The number of ketones is 1. The van der Waals surface area contributed by atoms with Gasteiger partial charge in [0.2, 0.25) is 0 Å². The van der Waals surface area contributed by atoms with Crippen LogP contribution in [-0.4, -0.2) is 33.7 Å². The van der Waals surface area contributed by atoms with Crippen molar-refractivity contribution in [3.05, 3.63) is 23.3 Å². The summed E-state index contributed by atoms with van der Waals surface area (Å²) in [5.74, 6) is 0.179. The molecule has 0 unspecified atom stereocenters. The average Bonchev–Trinajstić information content (AvgIpc) is 2.69. The molecule has 4 nitrogen and oxygen atoms in total. The van der Waals surface area contributed by atoms with E-state index in [0.29, 0.717) is 0 Å². The van der Waals surface area contributed by atoms with Gasteiger partial charge in [-0.05, 0) is 63.7 Å². The molecule has 2 rings (SSSR count). The van der Waals surface area contributed by atoms with Gasteiger partial charge in [0.15, 0.2) is 5.78 Å². The van der Waals surface area contributed by atoms with Gasteiger partial charge in [0, 0.05) is 5.41 Å². The molecule has 2 aliphatic carbocycles. The largest absolute Gasteiger partial charge is 0.412 e. The third-order valence-corrected chi connectivity index (χ3v) is 4.73. The van der Waals surface area contributed by atoms with E-state index < -0.39 is 5.60 Å². The Morgan fingerprint density at radius 2 is 2.05 bits per heavy atom. The second-order valence-corrected chi connectivity index (χ2v) is 6.23. The molecule has 108 valence electrons. The van der Waals surface area contributed by atoms with Crippen molar-refractivity contribution in [3.8, 4) is 0 Å². The highest BCUT2D eigenvalue weighted by Crippen LogP contribution is 2.55. The summed E-state index contributed by atoms with van der Waals surface area (Å²) in [7, 11) is 0. The number of carbonyl (C=O) groups is 1. The Bertz CT molecular complexity index is 428. The molecule has 4 N–H and O–H groups in total. The highest BCUT2D eigenvalue weighted by molar-refractivity contribution is 6.02. The molecule has 1 fully saturated rings. The van der Waals surface area contributed by atoms with Gasteiger partial charge in [0.25, 0.3) is 0 Å². The lowest BCUT2D eigenvalue weighted by molar-refractivity contribution is -0.110. The van der Waals surface area contributed by atoms with Crippen molar-refractivity contribution in [1.29, 1.82) is 0 Å². The summed E-state index contributed by atoms with van der Waals surface area (Å²) in [4.78, 5) is 11.5. The summed E-state index contributed by atoms with van der Waals surface area (Å²) in [6.07, 6.45) is 5.90. The number of allylic oxidation sites excluding steroid dienone is 3. The fourth-order valence-corrected chi connectivity index (χ4v) is 3.45. The van der Waals surface area contributed by atoms with E-state index in [9.17, 15) is 15.0 Å². The van der Waals surface area contributed by atoms with E-state index in [4.69, 9.17) is 0 Å². The summed E-state index contributed by atoms with van der Waals surface area (Å²) in [6.45, 7) is 5.57. The zero-order valence-corrected chi connectivity index (χ0v) is 11.9. The van der Waals surface area contributed by atoms with Gasteiger partial charge in [0.1, 0.15) is 0 Å². The van der Waals surface area contributed by atoms with E-state index in [2.05, 4.69) is 0 Å². The first-order chi connectivity index (χ1) is 8.29. The van der Waals surface area contributed by atoms with Gasteiger partial charge < -0.3 is 15.7 Å². The average molecular weight is 268 g/mol. The van der Waals surface area contributed by atoms with E-state index >= 15 is 0 Å². The second-order valence-electron chi connectivity index (χ2n) is 6.23. The van der Waals surface area contributed by atoms with Gasteiger partial charge in [-0.25, -0.2) is 0 Å². The SMILES string of the molecule is CC1=CC(=O)C=C(CO)[C@@]12CC[C@@H](C(C)(C)O)C2.O. The van der Waals surface area contributed by atoms with Crippen LogP contribution in [0.3, 0.4) is 0 Å². The van der Waals surface area contributed by atoms with Crippen molar-refractivity contribution in [2.45, 2.75) is 45.6 Å². The van der Waals surface area contributed by atoms with Crippen LogP contribution in [0.1, 0.15) is 40.0 Å². The standard InChI is InChI=1S/C15H22O3.H2O/c1-10-6-13(17)7-12(9-16)15(10)5-4-11(8-15)14(2,3)18;/h6-7,11,16,18H,4-5,8-9H2,1-3H3;1H2/t11-,15-;/m1./s1. The van der Waals surface area contributed by atoms with Gasteiger partial charge in [-0.1, -0.05) is 5.57 Å². The number of aliphatic hydroxyl groups is 2. The fraction of sp³-hybridized carbons (Fsp3) is 0.667. The van der Waals surface area contributed by atoms with Crippen molar-refractivity contribution < 1.29 is 20.5 Å². The van der Waals surface area contributed by atoms with Crippen molar-refractivity contribution in [2.24, 2.45) is 11.3 Å². The molecule has 2 atom stereocenters. The number of hydrogen-bond donors (Lipinski definition) is 2. The van der Waals surface area contributed by atoms with Gasteiger partial charge in [0.05, 0.1) is 12.2 Å². The van der Waals surface area contributed by atoms with Crippen LogP contribution >= 0.6 is 0 Å². The van der Waals surface area contributed by atoms with E-state index in [-0.39, 0.29) is 29.2 Å². The molecule has 0 aromatic rings. The Kier molecular flexibility index (Phi) is 4.40. The van der Waals surface area contributed by atoms with Crippen LogP contribution in [-0.2, 0) is 4.79 Å². The maximum atomic E-state index is 11.5. The number of carbonyl (C=O) groups excluding carboxylic acids is 1. The molecule has 0 bridgehead atoms. The lowest BCUT2D eigenvalue weighted by Crippen LogP contribution is -2.33. The van der Waals surface area contributed by atoms with Crippen LogP contribution < -0.4 is 0 Å². The van der Waals surface area contributed by atoms with E-state index in [1.54, 1.807) is 12.2 Å². The zero-order valence-electron chi connectivity index (χ0n) is 11.9. The molecule has 2 aliphatic rings. The molecule has 0 aromatic carbocycles. The quantitative estimate of drug-likeness (QED) is 0.787. The first kappa shape index (κ1) is 16.1. The maximum Gasteiger partial charge on any atom is 0.178 e. The second kappa shape index (κ2) is 5.19. The van der Waals surface area contributed by atoms with E-state index in [1.165, 1.54) is 0 Å². The predicted octanol–water partition coefficient (Wildman–Crippen LogP) is 1.17. The molecule has 4 heteroatoms. The van der Waals surface area contributed by atoms with Crippen molar-refractivity contribution in [3.63, 3.8) is 0 Å². The topological polar surface area (TPSA) is 89.0 Å². The molecular formula is C15H24O4. The molecule has 0 aliphatic heterocycles. The summed E-state index contributed by atoms with van der Waals surface area (Å²) in [6, 6.07) is 0. The van der Waals surface area contributed by atoms with Crippen LogP contribution in [0.25, 0.3) is 0 Å². The highest BCUT2D eigenvalue weighted by Gasteiger charge is 2.48. The highest BCUT2D eigenvalue weighted by atomic mass is 16.3. The van der Waals surface area contributed by atoms with Gasteiger partial charge in [-0.2, -0.15) is 0 Å². The van der Waals surface area contributed by atoms with Gasteiger partial charge >= 0.3 is 0 Å². The minimum atomic E-state index is -0.703. The van der Waals surface area contributed by atoms with Crippen LogP contribution in [0.15, 0.2) is 23.3 Å². The first-order valence-electron chi connectivity index (χ1n) is 6.56. The lowest BCUT2D eigenvalue weighted by Gasteiger charge is -2.36. The summed E-state index contributed by atoms with van der Waals surface area (Å²) >= 11 is 0. The van der Waals surface area contributed by atoms with E-state index in [1.807, 2.05) is 20.8 Å². The van der Waals surface area contributed by atoms with Crippen LogP contribution in [0.2, 0.25) is 0 Å². The third-order valence-electron chi connectivity index (χ3n) is 4.73. The van der Waals surface area contributed by atoms with Gasteiger partial charge in [-0.3, -0.25) is 4.79 Å². The first-order valence-corrected chi connectivity index (χ1v) is 6.56. The molecule has 0 saturated heterocycles. The lowest BCUT2D eigenvalue weighted by atomic mass is 9.68. The smallest absolute Gasteiger partial charge is 0.178 e. The van der Waals surface area contributed by atoms with Crippen LogP contribution in [0, 0.1) is 11.3 Å². The summed E-state index contributed by atoms with van der Waals surface area (Å²) in [5.41, 5.74) is 0.948. The minimum Gasteiger partial charge on any atom is -0.412 e. The Morgan fingerprint density at radius 3 is 2.53 bits per heavy atom. The molecule has 0 heterocycles. The zero-order chi connectivity index (χ0) is 13.6. The normalized spacial score (nSPS) is 31.0. The van der Waals surface area contributed by atoms with Crippen molar-refractivity contribution in [1.82, 2.24) is 0 Å². The van der Waals surface area contributed by atoms with Crippen molar-refractivity contribution >= 4 is 5.78 Å². The maximum absolute atomic E-state index is 11.5. The number of rotatable bonds is 2. The molecule has 0 radical (unpaired) electrons. The molecule has 1 saturated carbocycles.